The Morgan fingerprint density at radius 1 is 1.14 bits per heavy atom. The number of rotatable bonds is 3. The van der Waals surface area contributed by atoms with Crippen molar-refractivity contribution < 1.29 is 0 Å². The van der Waals surface area contributed by atoms with Crippen LogP contribution in [-0.2, 0) is 0 Å². The van der Waals surface area contributed by atoms with E-state index in [-0.39, 0.29) is 0 Å². The van der Waals surface area contributed by atoms with E-state index in [1.807, 2.05) is 24.3 Å². The summed E-state index contributed by atoms with van der Waals surface area (Å²) in [5, 5.41) is 4.41. The van der Waals surface area contributed by atoms with Gasteiger partial charge in [-0.25, -0.2) is 9.97 Å². The third-order valence-corrected chi connectivity index (χ3v) is 3.63. The summed E-state index contributed by atoms with van der Waals surface area (Å²) < 4.78 is 0. The summed E-state index contributed by atoms with van der Waals surface area (Å²) in [5.41, 5.74) is 2.28. The number of hydrogen-bond donors (Lipinski definition) is 1. The lowest BCUT2D eigenvalue weighted by atomic mass is 10.0. The minimum absolute atomic E-state index is 0.807. The Balaban J connectivity index is 1.57. The molecule has 1 aromatic carbocycles. The maximum absolute atomic E-state index is 4.31. The molecule has 0 amide bonds. The molecule has 0 saturated carbocycles. The summed E-state index contributed by atoms with van der Waals surface area (Å²) in [7, 11) is 0. The Hall–Kier alpha value is -2.34. The van der Waals surface area contributed by atoms with E-state index in [0.717, 1.165) is 36.1 Å². The largest absolute Gasteiger partial charge is 0.368 e. The average Bonchev–Trinajstić information content (AvgIpc) is 2.56. The van der Waals surface area contributed by atoms with E-state index in [2.05, 4.69) is 33.2 Å². The van der Waals surface area contributed by atoms with Gasteiger partial charge in [-0.2, -0.15) is 0 Å². The van der Waals surface area contributed by atoms with Gasteiger partial charge in [-0.15, -0.1) is 0 Å². The van der Waals surface area contributed by atoms with Gasteiger partial charge in [0, 0.05) is 18.4 Å². The third-order valence-electron chi connectivity index (χ3n) is 3.63. The lowest BCUT2D eigenvalue weighted by Gasteiger charge is -2.07. The fourth-order valence-electron chi connectivity index (χ4n) is 2.52. The van der Waals surface area contributed by atoms with Crippen molar-refractivity contribution in [2.45, 2.75) is 32.1 Å². The first kappa shape index (κ1) is 13.6. The van der Waals surface area contributed by atoms with E-state index >= 15 is 0 Å². The topological polar surface area (TPSA) is 37.8 Å². The Morgan fingerprint density at radius 2 is 2.10 bits per heavy atom. The zero-order chi connectivity index (χ0) is 14.3. The van der Waals surface area contributed by atoms with Crippen LogP contribution >= 0.6 is 0 Å². The molecule has 21 heavy (non-hydrogen) atoms. The molecule has 0 fully saturated rings. The van der Waals surface area contributed by atoms with Gasteiger partial charge < -0.3 is 5.32 Å². The minimum atomic E-state index is 0.807. The second kappa shape index (κ2) is 6.90. The zero-order valence-corrected chi connectivity index (χ0v) is 12.1. The van der Waals surface area contributed by atoms with Crippen LogP contribution in [0.2, 0.25) is 0 Å². The molecular weight excluding hydrogens is 258 g/mol. The highest BCUT2D eigenvalue weighted by Crippen LogP contribution is 2.18. The first-order valence-electron chi connectivity index (χ1n) is 7.55. The van der Waals surface area contributed by atoms with Crippen molar-refractivity contribution in [2.24, 2.45) is 0 Å². The monoisotopic (exact) mass is 277 g/mol. The second-order valence-electron chi connectivity index (χ2n) is 5.19. The van der Waals surface area contributed by atoms with Gasteiger partial charge in [0.2, 0.25) is 0 Å². The maximum Gasteiger partial charge on any atom is 0.137 e. The van der Waals surface area contributed by atoms with Crippen LogP contribution in [0.15, 0.2) is 42.2 Å². The van der Waals surface area contributed by atoms with Gasteiger partial charge >= 0.3 is 0 Å². The highest BCUT2D eigenvalue weighted by atomic mass is 15.0. The fourth-order valence-corrected chi connectivity index (χ4v) is 2.52. The van der Waals surface area contributed by atoms with Gasteiger partial charge in [-0.3, -0.25) is 0 Å². The van der Waals surface area contributed by atoms with Crippen LogP contribution in [0.4, 0.5) is 5.82 Å². The van der Waals surface area contributed by atoms with Crippen molar-refractivity contribution in [1.29, 1.82) is 0 Å². The second-order valence-corrected chi connectivity index (χ2v) is 5.19. The predicted molar refractivity (Wildman–Crippen MR) is 87.0 cm³/mol. The van der Waals surface area contributed by atoms with E-state index in [0.29, 0.717) is 0 Å². The number of aromatic nitrogens is 2. The fraction of sp³-hybridized carbons (Fsp3) is 0.333. The summed E-state index contributed by atoms with van der Waals surface area (Å²) >= 11 is 0. The number of para-hydroxylation sites is 1. The number of hydrogen-bond acceptors (Lipinski definition) is 3. The highest BCUT2D eigenvalue weighted by Gasteiger charge is 2.01. The average molecular weight is 277 g/mol. The normalized spacial score (nSPS) is 14.2. The Kier molecular flexibility index (Phi) is 4.48. The van der Waals surface area contributed by atoms with Crippen molar-refractivity contribution in [3.05, 3.63) is 42.2 Å². The highest BCUT2D eigenvalue weighted by molar-refractivity contribution is 5.88. The lowest BCUT2D eigenvalue weighted by molar-refractivity contribution is 0.715. The molecule has 0 unspecified atom stereocenters. The quantitative estimate of drug-likeness (QED) is 0.682. The molecule has 1 aliphatic rings. The van der Waals surface area contributed by atoms with E-state index in [9.17, 15) is 0 Å². The molecule has 3 heteroatoms. The zero-order valence-electron chi connectivity index (χ0n) is 12.1. The van der Waals surface area contributed by atoms with E-state index < -0.39 is 0 Å². The van der Waals surface area contributed by atoms with E-state index in [1.165, 1.54) is 24.8 Å². The van der Waals surface area contributed by atoms with Crippen molar-refractivity contribution in [3.63, 3.8) is 0 Å². The molecule has 1 aliphatic carbocycles. The number of allylic oxidation sites excluding steroid dienone is 2. The number of nitrogens with zero attached hydrogens (tertiary/aromatic N) is 2. The summed E-state index contributed by atoms with van der Waals surface area (Å²) in [6.07, 6.45) is 9.64. The van der Waals surface area contributed by atoms with E-state index in [4.69, 9.17) is 0 Å². The molecule has 3 nitrogen and oxygen atoms in total. The van der Waals surface area contributed by atoms with Gasteiger partial charge in [0.25, 0.3) is 0 Å². The molecule has 3 rings (SSSR count). The van der Waals surface area contributed by atoms with Crippen LogP contribution < -0.4 is 5.32 Å². The molecule has 0 atom stereocenters. The van der Waals surface area contributed by atoms with Crippen molar-refractivity contribution in [2.75, 3.05) is 11.9 Å². The maximum atomic E-state index is 4.31. The van der Waals surface area contributed by atoms with Gasteiger partial charge in [0.15, 0.2) is 0 Å². The summed E-state index contributed by atoms with van der Waals surface area (Å²) in [5.74, 6) is 7.42. The Bertz CT molecular complexity index is 702. The molecule has 0 radical (unpaired) electrons. The minimum Gasteiger partial charge on any atom is -0.368 e. The molecule has 0 saturated heterocycles. The number of fused-ring (bicyclic) bond motifs is 1. The predicted octanol–water partition coefficient (Wildman–Crippen LogP) is 3.94. The molecule has 2 aromatic rings. The first-order valence-corrected chi connectivity index (χ1v) is 7.55. The standard InChI is InChI=1S/C18H19N3/c1-2-8-15(9-3-1)10-6-7-13-19-18-16-11-4-5-12-17(16)20-14-21-18/h4-5,8,11-12,14H,1-3,7,9,13H2,(H,19,20,21). The Labute approximate surface area is 125 Å². The van der Waals surface area contributed by atoms with Gasteiger partial charge in [0.05, 0.1) is 5.52 Å². The molecule has 1 aromatic heterocycles. The van der Waals surface area contributed by atoms with Crippen LogP contribution in [0.1, 0.15) is 32.1 Å². The lowest BCUT2D eigenvalue weighted by Crippen LogP contribution is -2.03. The number of anilines is 1. The van der Waals surface area contributed by atoms with E-state index in [1.54, 1.807) is 6.33 Å². The SMILES string of the molecule is C(#CC1=CCCCC1)CCNc1ncnc2ccccc12. The van der Waals surface area contributed by atoms with Crippen molar-refractivity contribution in [1.82, 2.24) is 9.97 Å². The summed E-state index contributed by atoms with van der Waals surface area (Å²) in [6.45, 7) is 0.807. The summed E-state index contributed by atoms with van der Waals surface area (Å²) in [6, 6.07) is 8.03. The Morgan fingerprint density at radius 3 is 3.00 bits per heavy atom. The molecule has 1 N–H and O–H groups in total. The number of nitrogens with one attached hydrogen (secondary N) is 1. The van der Waals surface area contributed by atoms with Gasteiger partial charge in [-0.1, -0.05) is 30.0 Å². The first-order chi connectivity index (χ1) is 10.4. The molecular formula is C18H19N3. The van der Waals surface area contributed by atoms with Crippen LogP contribution in [0.5, 0.6) is 0 Å². The molecule has 1 heterocycles. The summed E-state index contributed by atoms with van der Waals surface area (Å²) in [4.78, 5) is 8.57. The molecule has 0 aliphatic heterocycles. The third kappa shape index (κ3) is 3.61. The van der Waals surface area contributed by atoms with Gasteiger partial charge in [-0.05, 0) is 43.4 Å². The van der Waals surface area contributed by atoms with Crippen LogP contribution in [-0.4, -0.2) is 16.5 Å². The van der Waals surface area contributed by atoms with Crippen LogP contribution in [0.3, 0.4) is 0 Å². The molecule has 0 spiro atoms. The smallest absolute Gasteiger partial charge is 0.137 e. The van der Waals surface area contributed by atoms with Crippen molar-refractivity contribution in [3.8, 4) is 11.8 Å². The van der Waals surface area contributed by atoms with Crippen LogP contribution in [0, 0.1) is 11.8 Å². The molecule has 0 bridgehead atoms. The molecule has 106 valence electrons. The number of benzene rings is 1. The van der Waals surface area contributed by atoms with Gasteiger partial charge in [0.1, 0.15) is 12.1 Å². The van der Waals surface area contributed by atoms with Crippen molar-refractivity contribution >= 4 is 16.7 Å². The van der Waals surface area contributed by atoms with Crippen LogP contribution in [0.25, 0.3) is 10.9 Å².